The van der Waals surface area contributed by atoms with Crippen molar-refractivity contribution in [3.05, 3.63) is 22.8 Å². The Morgan fingerprint density at radius 2 is 2.00 bits per heavy atom. The second-order valence-corrected chi connectivity index (χ2v) is 4.55. The van der Waals surface area contributed by atoms with Crippen molar-refractivity contribution in [3.63, 3.8) is 0 Å². The Morgan fingerprint density at radius 3 is 2.61 bits per heavy atom. The monoisotopic (exact) mass is 265 g/mol. The molecule has 0 saturated heterocycles. The molecule has 0 unspecified atom stereocenters. The summed E-state index contributed by atoms with van der Waals surface area (Å²) < 4.78 is 12.5. The molecule has 0 saturated carbocycles. The molecule has 0 bridgehead atoms. The van der Waals surface area contributed by atoms with Crippen molar-refractivity contribution in [2.75, 3.05) is 12.5 Å². The molecule has 1 aromatic carbocycles. The summed E-state index contributed by atoms with van der Waals surface area (Å²) in [5.74, 6) is 1.85. The molecule has 94 valence electrons. The molecule has 2 heterocycles. The zero-order valence-electron chi connectivity index (χ0n) is 10.0. The molecule has 1 aromatic heterocycles. The first kappa shape index (κ1) is 11.2. The third-order valence-electron chi connectivity index (χ3n) is 3.06. The number of nitrogens with zero attached hydrogens (tertiary/aromatic N) is 2. The van der Waals surface area contributed by atoms with E-state index in [4.69, 9.17) is 26.8 Å². The van der Waals surface area contributed by atoms with E-state index in [2.05, 4.69) is 4.98 Å². The molecule has 18 heavy (non-hydrogen) atoms. The molecule has 6 heteroatoms. The van der Waals surface area contributed by atoms with Crippen LogP contribution in [0, 0.1) is 6.92 Å². The van der Waals surface area contributed by atoms with Crippen molar-refractivity contribution in [3.8, 4) is 22.8 Å². The highest BCUT2D eigenvalue weighted by Crippen LogP contribution is 2.40. The third kappa shape index (κ3) is 1.51. The van der Waals surface area contributed by atoms with Crippen molar-refractivity contribution in [2.24, 2.45) is 7.05 Å². The van der Waals surface area contributed by atoms with Crippen LogP contribution in [0.5, 0.6) is 11.5 Å². The van der Waals surface area contributed by atoms with Gasteiger partial charge in [-0.2, -0.15) is 0 Å². The number of hydrogen-bond acceptors (Lipinski definition) is 4. The zero-order valence-corrected chi connectivity index (χ0v) is 10.8. The predicted molar refractivity (Wildman–Crippen MR) is 68.9 cm³/mol. The maximum atomic E-state index is 6.12. The first-order valence-electron chi connectivity index (χ1n) is 5.46. The number of aryl methyl sites for hydroxylation is 1. The van der Waals surface area contributed by atoms with E-state index in [1.807, 2.05) is 26.1 Å². The van der Waals surface area contributed by atoms with Gasteiger partial charge in [-0.1, -0.05) is 11.6 Å². The molecular weight excluding hydrogens is 254 g/mol. The molecule has 0 radical (unpaired) electrons. The molecule has 1 aliphatic rings. The van der Waals surface area contributed by atoms with Crippen LogP contribution in [0.25, 0.3) is 11.3 Å². The Hall–Kier alpha value is -1.88. The van der Waals surface area contributed by atoms with E-state index in [1.54, 1.807) is 4.57 Å². The number of nitrogens with two attached hydrogens (primary N) is 1. The van der Waals surface area contributed by atoms with Gasteiger partial charge in [-0.3, -0.25) is 0 Å². The average Bonchev–Trinajstić information content (AvgIpc) is 2.84. The largest absolute Gasteiger partial charge is 0.454 e. The summed E-state index contributed by atoms with van der Waals surface area (Å²) >= 11 is 6.12. The van der Waals surface area contributed by atoms with E-state index in [0.717, 1.165) is 22.6 Å². The summed E-state index contributed by atoms with van der Waals surface area (Å²) in [4.78, 5) is 4.06. The van der Waals surface area contributed by atoms with Crippen LogP contribution in [-0.4, -0.2) is 16.3 Å². The van der Waals surface area contributed by atoms with Gasteiger partial charge in [-0.15, -0.1) is 0 Å². The number of nitrogen functional groups attached to an aromatic ring is 1. The molecule has 2 N–H and O–H groups in total. The molecule has 0 fully saturated rings. The Kier molecular flexibility index (Phi) is 2.38. The predicted octanol–water partition coefficient (Wildman–Crippen LogP) is 2.36. The van der Waals surface area contributed by atoms with Gasteiger partial charge in [0.2, 0.25) is 12.7 Å². The van der Waals surface area contributed by atoms with Gasteiger partial charge in [0.1, 0.15) is 0 Å². The number of anilines is 1. The van der Waals surface area contributed by atoms with E-state index in [1.165, 1.54) is 0 Å². The molecule has 0 amide bonds. The second kappa shape index (κ2) is 3.81. The SMILES string of the molecule is Cc1cc2c(cc1-c1c(Cl)nc(N)n1C)OCO2. The minimum atomic E-state index is 0.249. The zero-order chi connectivity index (χ0) is 12.9. The highest BCUT2D eigenvalue weighted by atomic mass is 35.5. The summed E-state index contributed by atoms with van der Waals surface area (Å²) in [5.41, 5.74) is 8.51. The number of fused-ring (bicyclic) bond motifs is 1. The summed E-state index contributed by atoms with van der Waals surface area (Å²) in [6, 6.07) is 3.83. The number of hydrogen-bond donors (Lipinski definition) is 1. The third-order valence-corrected chi connectivity index (χ3v) is 3.33. The fourth-order valence-electron chi connectivity index (χ4n) is 2.07. The van der Waals surface area contributed by atoms with Crippen LogP contribution in [0.3, 0.4) is 0 Å². The second-order valence-electron chi connectivity index (χ2n) is 4.19. The first-order valence-corrected chi connectivity index (χ1v) is 5.84. The van der Waals surface area contributed by atoms with Crippen LogP contribution in [0.2, 0.25) is 5.15 Å². The Bertz CT molecular complexity index is 637. The van der Waals surface area contributed by atoms with Gasteiger partial charge in [-0.05, 0) is 24.6 Å². The highest BCUT2D eigenvalue weighted by molar-refractivity contribution is 6.32. The van der Waals surface area contributed by atoms with Crippen LogP contribution >= 0.6 is 11.6 Å². The van der Waals surface area contributed by atoms with E-state index in [9.17, 15) is 0 Å². The molecule has 1 aliphatic heterocycles. The van der Waals surface area contributed by atoms with Gasteiger partial charge in [0.05, 0.1) is 5.69 Å². The van der Waals surface area contributed by atoms with E-state index in [0.29, 0.717) is 16.9 Å². The highest BCUT2D eigenvalue weighted by Gasteiger charge is 2.20. The molecule has 2 aromatic rings. The summed E-state index contributed by atoms with van der Waals surface area (Å²) in [6.07, 6.45) is 0. The average molecular weight is 266 g/mol. The minimum absolute atomic E-state index is 0.249. The number of rotatable bonds is 1. The van der Waals surface area contributed by atoms with E-state index < -0.39 is 0 Å². The maximum Gasteiger partial charge on any atom is 0.231 e. The van der Waals surface area contributed by atoms with Gasteiger partial charge in [-0.25, -0.2) is 4.98 Å². The number of benzene rings is 1. The van der Waals surface area contributed by atoms with Crippen molar-refractivity contribution >= 4 is 17.5 Å². The van der Waals surface area contributed by atoms with Gasteiger partial charge in [0.15, 0.2) is 16.7 Å². The Morgan fingerprint density at radius 1 is 1.33 bits per heavy atom. The topological polar surface area (TPSA) is 62.3 Å². The number of imidazole rings is 1. The number of aromatic nitrogens is 2. The standard InChI is InChI=1S/C12H12ClN3O2/c1-6-3-8-9(18-5-17-8)4-7(6)10-11(13)15-12(14)16(10)2/h3-4H,5H2,1-2H3,(H2,14,15). The minimum Gasteiger partial charge on any atom is -0.454 e. The van der Waals surface area contributed by atoms with Crippen molar-refractivity contribution in [1.82, 2.24) is 9.55 Å². The molecular formula is C12H12ClN3O2. The first-order chi connectivity index (χ1) is 8.58. The maximum absolute atomic E-state index is 6.12. The van der Waals surface area contributed by atoms with Crippen LogP contribution in [0.4, 0.5) is 5.95 Å². The van der Waals surface area contributed by atoms with Gasteiger partial charge in [0.25, 0.3) is 0 Å². The normalized spacial score (nSPS) is 13.1. The lowest BCUT2D eigenvalue weighted by molar-refractivity contribution is 0.174. The van der Waals surface area contributed by atoms with E-state index in [-0.39, 0.29) is 6.79 Å². The lowest BCUT2D eigenvalue weighted by Gasteiger charge is -2.09. The van der Waals surface area contributed by atoms with Crippen molar-refractivity contribution in [1.29, 1.82) is 0 Å². The molecule has 5 nitrogen and oxygen atoms in total. The molecule has 0 atom stereocenters. The summed E-state index contributed by atoms with van der Waals surface area (Å²) in [5, 5.41) is 0.386. The van der Waals surface area contributed by atoms with Gasteiger partial charge in [0, 0.05) is 12.6 Å². The molecule has 0 aliphatic carbocycles. The Balaban J connectivity index is 2.23. The Labute approximate surface area is 109 Å². The molecule has 0 spiro atoms. The number of halogens is 1. The number of ether oxygens (including phenoxy) is 2. The van der Waals surface area contributed by atoms with Crippen LogP contribution in [-0.2, 0) is 7.05 Å². The van der Waals surface area contributed by atoms with Crippen molar-refractivity contribution < 1.29 is 9.47 Å². The van der Waals surface area contributed by atoms with Crippen LogP contribution in [0.1, 0.15) is 5.56 Å². The quantitative estimate of drug-likeness (QED) is 0.860. The molecule has 3 rings (SSSR count). The van der Waals surface area contributed by atoms with Crippen LogP contribution in [0.15, 0.2) is 12.1 Å². The van der Waals surface area contributed by atoms with Gasteiger partial charge >= 0.3 is 0 Å². The van der Waals surface area contributed by atoms with Gasteiger partial charge < -0.3 is 19.8 Å². The fraction of sp³-hybridized carbons (Fsp3) is 0.250. The van der Waals surface area contributed by atoms with E-state index >= 15 is 0 Å². The fourth-order valence-corrected chi connectivity index (χ4v) is 2.39. The summed E-state index contributed by atoms with van der Waals surface area (Å²) in [6.45, 7) is 2.23. The smallest absolute Gasteiger partial charge is 0.231 e. The lowest BCUT2D eigenvalue weighted by atomic mass is 10.1. The van der Waals surface area contributed by atoms with Crippen molar-refractivity contribution in [2.45, 2.75) is 6.92 Å². The summed E-state index contributed by atoms with van der Waals surface area (Å²) in [7, 11) is 1.83. The van der Waals surface area contributed by atoms with Crippen LogP contribution < -0.4 is 15.2 Å². The lowest BCUT2D eigenvalue weighted by Crippen LogP contribution is -1.99.